The monoisotopic (exact) mass is 1880 g/mol. The van der Waals surface area contributed by atoms with Crippen LogP contribution in [0.15, 0.2) is 233 Å². The predicted octanol–water partition coefficient (Wildman–Crippen LogP) is 24.3. The number of aryl methyl sites for hydroxylation is 4. The van der Waals surface area contributed by atoms with Gasteiger partial charge in [-0.2, -0.15) is 0 Å². The fraction of sp³-hybridized carbons (Fsp3) is 0.169. The molecule has 0 aromatic heterocycles. The molecule has 0 aliphatic rings. The van der Waals surface area contributed by atoms with E-state index in [0.717, 1.165) is 22.6 Å². The van der Waals surface area contributed by atoms with Crippen molar-refractivity contribution in [2.75, 3.05) is 14.2 Å². The van der Waals surface area contributed by atoms with E-state index in [0.29, 0.717) is 9.47 Å². The molecule has 2 N–H and O–H groups in total. The first-order valence-electron chi connectivity index (χ1n) is 22.3. The molecule has 0 spiro atoms. The molecule has 0 fully saturated rings. The quantitative estimate of drug-likeness (QED) is 0.0550. The third kappa shape index (κ3) is 39.8. The Hall–Kier alpha value is 1.48. The molecule has 0 amide bonds. The molecule has 4 nitrogen and oxygen atoms in total. The van der Waals surface area contributed by atoms with Crippen LogP contribution in [0.1, 0.15) is 48.2 Å². The van der Waals surface area contributed by atoms with Crippen LogP contribution in [0.25, 0.3) is 0 Å². The summed E-state index contributed by atoms with van der Waals surface area (Å²) in [6.45, 7) is 8.62. The van der Waals surface area contributed by atoms with E-state index >= 15 is 0 Å². The third-order valence-corrected chi connectivity index (χ3v) is 19.0. The average Bonchev–Trinajstić information content (AvgIpc) is 3.43. The Bertz CT molecular complexity index is 2520. The number of rotatable bonds is 16. The molecule has 8 aromatic carbocycles. The SMILES string of the molecule is C.C.COc1ccc(SSc2ccc(C)cc2)cc1.COc1ccc(SSc2ccc(CO)cc2)cc1.Cc1ccc(SSc2ccc(C)cc2)cc1.Cc1ccc(SSc2ccc(CO)cc2)cc1.[CH3-].[I][V]([I])[I].[I][V][I].[V]. The van der Waals surface area contributed by atoms with Crippen LogP contribution in [0.2, 0.25) is 0 Å². The summed E-state index contributed by atoms with van der Waals surface area (Å²) < 4.78 is 10.2. The van der Waals surface area contributed by atoms with E-state index in [9.17, 15) is 0 Å². The topological polar surface area (TPSA) is 58.9 Å². The van der Waals surface area contributed by atoms with E-state index in [-0.39, 0.29) is 59.0 Å². The summed E-state index contributed by atoms with van der Waals surface area (Å²) in [6, 6.07) is 66.4. The van der Waals surface area contributed by atoms with Gasteiger partial charge in [0.1, 0.15) is 11.5 Å². The van der Waals surface area contributed by atoms with E-state index < -0.39 is 0 Å². The summed E-state index contributed by atoms with van der Waals surface area (Å²) in [6.07, 6.45) is 0. The smallest absolute Gasteiger partial charge is 0 e. The van der Waals surface area contributed by atoms with Gasteiger partial charge in [0.05, 0.1) is 27.4 Å². The van der Waals surface area contributed by atoms with Crippen LogP contribution in [0.4, 0.5) is 0 Å². The third-order valence-electron chi connectivity index (χ3n) is 9.35. The van der Waals surface area contributed by atoms with Gasteiger partial charge in [-0.1, -0.05) is 196 Å². The van der Waals surface area contributed by atoms with Crippen LogP contribution in [-0.4, -0.2) is 24.4 Å². The van der Waals surface area contributed by atoms with Crippen LogP contribution in [0, 0.1) is 35.1 Å². The van der Waals surface area contributed by atoms with E-state index in [1.807, 2.05) is 84.9 Å². The van der Waals surface area contributed by atoms with Crippen molar-refractivity contribution < 1.29 is 52.6 Å². The van der Waals surface area contributed by atoms with Crippen molar-refractivity contribution in [1.29, 1.82) is 0 Å². The van der Waals surface area contributed by atoms with Crippen molar-refractivity contribution in [3.8, 4) is 11.5 Å². The van der Waals surface area contributed by atoms with Crippen LogP contribution in [0.5, 0.6) is 11.5 Å². The number of aliphatic hydroxyl groups is 2. The first-order chi connectivity index (χ1) is 36.2. The second-order valence-corrected chi connectivity index (χ2v) is 71.4. The van der Waals surface area contributed by atoms with Crippen molar-refractivity contribution in [1.82, 2.24) is 0 Å². The maximum Gasteiger partial charge on any atom is 0 e. The molecular weight excluding hydrogens is 1820 g/mol. The molecule has 8 rings (SSSR count). The zero-order valence-electron chi connectivity index (χ0n) is 43.1. The summed E-state index contributed by atoms with van der Waals surface area (Å²) in [5.74, 6) is 1.77. The standard InChI is InChI=1S/C14H14O2S2.2C14H14OS2.C14H14S2.2CH4.CH3.5HI.3V/c1-16-12-4-8-14(9-5-12)18-17-13-6-2-11(10-15)3-7-13;1-11-3-7-13(8-4-11)16-17-14-9-5-12(15-2)6-10-14;1-11-2-6-13(7-3-11)16-17-14-8-4-12(10-15)5-9-14;1-11-3-7-13(8-4-11)15-16-14-9-5-12(2)6-10-14;;;;;;;;;;;/h2-9,15H,10H2,1H3;3-10H,1-2H3;2-9,15H,10H2,1H3;3-10H,1-2H3;2*1H4;1H3;5*1H;;;/q;;;;;;-1;;;;;;;+2;+3/p-5. The second-order valence-electron chi connectivity index (χ2n) is 15.1. The molecule has 0 aliphatic carbocycles. The zero-order valence-corrected chi connectivity index (χ0v) is 64.6. The predicted molar refractivity (Wildman–Crippen MR) is 392 cm³/mol. The molecule has 20 heteroatoms. The molecule has 79 heavy (non-hydrogen) atoms. The minimum absolute atomic E-state index is 0. The Morgan fingerprint density at radius 2 is 0.494 bits per heavy atom. The molecule has 0 saturated heterocycles. The van der Waals surface area contributed by atoms with E-state index in [1.54, 1.807) is 101 Å². The normalized spacial score (nSPS) is 9.54. The number of halogens is 5. The number of ether oxygens (including phenoxy) is 2. The summed E-state index contributed by atoms with van der Waals surface area (Å²) in [4.78, 5) is 9.65. The van der Waals surface area contributed by atoms with Crippen molar-refractivity contribution >= 4 is 186 Å². The van der Waals surface area contributed by atoms with Gasteiger partial charge in [-0.3, -0.25) is 0 Å². The van der Waals surface area contributed by atoms with Crippen LogP contribution >= 0.6 is 186 Å². The van der Waals surface area contributed by atoms with Gasteiger partial charge in [-0.15, -0.1) is 0 Å². The van der Waals surface area contributed by atoms with Crippen LogP contribution in [0.3, 0.4) is 0 Å². The van der Waals surface area contributed by atoms with Gasteiger partial charge in [0.2, 0.25) is 0 Å². The maximum absolute atomic E-state index is 8.96. The molecule has 0 heterocycles. The summed E-state index contributed by atoms with van der Waals surface area (Å²) >= 11 is 12.1. The molecule has 426 valence electrons. The molecular formula is C59H67I5O4S8V3-. The van der Waals surface area contributed by atoms with E-state index in [2.05, 4.69) is 237 Å². The van der Waals surface area contributed by atoms with Gasteiger partial charge in [0.25, 0.3) is 0 Å². The number of hydrogen-bond acceptors (Lipinski definition) is 12. The first kappa shape index (κ1) is 82.5. The summed E-state index contributed by atoms with van der Waals surface area (Å²) in [5, 5.41) is 17.9. The van der Waals surface area contributed by atoms with Gasteiger partial charge < -0.3 is 27.1 Å². The van der Waals surface area contributed by atoms with E-state index in [4.69, 9.17) is 19.7 Å². The fourth-order valence-electron chi connectivity index (χ4n) is 5.32. The molecule has 8 aromatic rings. The number of methoxy groups -OCH3 is 2. The Kier molecular flexibility index (Phi) is 53.8. The van der Waals surface area contributed by atoms with Crippen molar-refractivity contribution in [3.63, 3.8) is 0 Å². The van der Waals surface area contributed by atoms with Crippen LogP contribution < -0.4 is 9.47 Å². The Morgan fingerprint density at radius 1 is 0.354 bits per heavy atom. The fourth-order valence-corrected chi connectivity index (χ4v) is 13.0. The molecule has 0 atom stereocenters. The molecule has 0 bridgehead atoms. The largest absolute Gasteiger partial charge is 0 e. The summed E-state index contributed by atoms with van der Waals surface area (Å²) in [7, 11) is 18.0. The summed E-state index contributed by atoms with van der Waals surface area (Å²) in [5.41, 5.74) is 7.09. The Balaban J connectivity index is 0. The van der Waals surface area contributed by atoms with Crippen molar-refractivity contribution in [2.45, 2.75) is 94.9 Å². The maximum atomic E-state index is 8.96. The minimum atomic E-state index is -0.278. The van der Waals surface area contributed by atoms with Gasteiger partial charge in [-0.25, -0.2) is 0 Å². The Morgan fingerprint density at radius 3 is 0.633 bits per heavy atom. The molecule has 0 aliphatic heterocycles. The van der Waals surface area contributed by atoms with Gasteiger partial charge in [0.15, 0.2) is 0 Å². The van der Waals surface area contributed by atoms with Gasteiger partial charge in [-0.05, 0) is 160 Å². The van der Waals surface area contributed by atoms with E-state index in [1.165, 1.54) is 61.4 Å². The second kappa shape index (κ2) is 51.5. The van der Waals surface area contributed by atoms with Gasteiger partial charge >= 0.3 is 114 Å². The van der Waals surface area contributed by atoms with Crippen LogP contribution in [-0.2, 0) is 46.2 Å². The molecule has 0 unspecified atom stereocenters. The minimum Gasteiger partial charge on any atom is 0 e. The van der Waals surface area contributed by atoms with Crippen molar-refractivity contribution in [2.24, 2.45) is 0 Å². The van der Waals surface area contributed by atoms with Crippen molar-refractivity contribution in [3.05, 3.63) is 235 Å². The van der Waals surface area contributed by atoms with Gasteiger partial charge in [0, 0.05) is 57.7 Å². The zero-order chi connectivity index (χ0) is 54.6. The number of hydrogen-bond donors (Lipinski definition) is 2. The number of benzene rings is 8. The first-order valence-corrected chi connectivity index (χ1v) is 53.4. The Labute approximate surface area is 584 Å². The molecule has 0 saturated carbocycles. The number of aliphatic hydroxyl groups excluding tert-OH is 2. The molecule has 1 radical (unpaired) electrons. The average molecular weight is 1880 g/mol.